The van der Waals surface area contributed by atoms with Crippen LogP contribution in [0.25, 0.3) is 0 Å². The third kappa shape index (κ3) is 18.0. The van der Waals surface area contributed by atoms with Crippen molar-refractivity contribution in [2.24, 2.45) is 0 Å². The summed E-state index contributed by atoms with van der Waals surface area (Å²) in [7, 11) is 0. The van der Waals surface area contributed by atoms with Crippen molar-refractivity contribution < 1.29 is 56.3 Å². The monoisotopic (exact) mass is 301 g/mol. The van der Waals surface area contributed by atoms with E-state index >= 15 is 0 Å². The second-order valence-corrected chi connectivity index (χ2v) is 2.70. The normalized spacial score (nSPS) is 8.29. The summed E-state index contributed by atoms with van der Waals surface area (Å²) in [6, 6.07) is 0. The number of carboxylic acid groups (broad SMARTS) is 2. The fourth-order valence-corrected chi connectivity index (χ4v) is 0.906. The van der Waals surface area contributed by atoms with Gasteiger partial charge in [-0.2, -0.15) is 0 Å². The largest absolute Gasteiger partial charge is 2.00 e. The fraction of sp³-hybridized carbons (Fsp3) is 0.750. The minimum Gasteiger partial charge on any atom is -0.481 e. The summed E-state index contributed by atoms with van der Waals surface area (Å²) >= 11 is 0. The zero-order valence-corrected chi connectivity index (χ0v) is 11.9. The molecule has 14 heavy (non-hydrogen) atoms. The average Bonchev–Trinajstić information content (AvgIpc) is 1.95. The SMILES string of the molecule is O=C(O)CCCCCCC(=O)O.[Cu+2].[Zn+2]. The van der Waals surface area contributed by atoms with Crippen molar-refractivity contribution in [3.05, 3.63) is 0 Å². The van der Waals surface area contributed by atoms with E-state index in [0.717, 1.165) is 12.8 Å². The molecule has 1 radical (unpaired) electrons. The van der Waals surface area contributed by atoms with Crippen LogP contribution in [0.1, 0.15) is 38.5 Å². The number of hydrogen-bond acceptors (Lipinski definition) is 2. The van der Waals surface area contributed by atoms with Crippen molar-refractivity contribution in [2.45, 2.75) is 38.5 Å². The van der Waals surface area contributed by atoms with Gasteiger partial charge in [0.15, 0.2) is 0 Å². The first-order chi connectivity index (χ1) is 5.63. The molecule has 0 rings (SSSR count). The molecule has 0 spiro atoms. The molecule has 79 valence electrons. The molecular weight excluding hydrogens is 289 g/mol. The molecule has 0 saturated carbocycles. The second-order valence-electron chi connectivity index (χ2n) is 2.70. The number of hydrogen-bond donors (Lipinski definition) is 2. The van der Waals surface area contributed by atoms with E-state index in [1.807, 2.05) is 0 Å². The molecule has 0 aromatic heterocycles. The van der Waals surface area contributed by atoms with Gasteiger partial charge in [0.05, 0.1) is 0 Å². The smallest absolute Gasteiger partial charge is 0.481 e. The van der Waals surface area contributed by atoms with Gasteiger partial charge in [0.1, 0.15) is 0 Å². The number of aliphatic carboxylic acids is 2. The van der Waals surface area contributed by atoms with Gasteiger partial charge in [-0.15, -0.1) is 0 Å². The molecule has 2 N–H and O–H groups in total. The van der Waals surface area contributed by atoms with Crippen LogP contribution in [0, 0.1) is 0 Å². The predicted molar refractivity (Wildman–Crippen MR) is 43.0 cm³/mol. The van der Waals surface area contributed by atoms with Crippen LogP contribution in [0.15, 0.2) is 0 Å². The maximum Gasteiger partial charge on any atom is 2.00 e. The molecule has 0 unspecified atom stereocenters. The van der Waals surface area contributed by atoms with Gasteiger partial charge in [-0.25, -0.2) is 0 Å². The Morgan fingerprint density at radius 3 is 1.29 bits per heavy atom. The van der Waals surface area contributed by atoms with Crippen LogP contribution in [0.3, 0.4) is 0 Å². The maximum atomic E-state index is 10.0. The Kier molecular flexibility index (Phi) is 18.3. The number of carbonyl (C=O) groups is 2. The third-order valence-corrected chi connectivity index (χ3v) is 1.53. The second kappa shape index (κ2) is 13.1. The van der Waals surface area contributed by atoms with Crippen molar-refractivity contribution in [1.29, 1.82) is 0 Å². The molecule has 0 aliphatic heterocycles. The maximum absolute atomic E-state index is 10.0. The van der Waals surface area contributed by atoms with Gasteiger partial charge in [0.2, 0.25) is 0 Å². The van der Waals surface area contributed by atoms with E-state index in [1.165, 1.54) is 0 Å². The van der Waals surface area contributed by atoms with Crippen molar-refractivity contribution in [3.8, 4) is 0 Å². The minimum atomic E-state index is -0.784. The van der Waals surface area contributed by atoms with E-state index < -0.39 is 11.9 Å². The quantitative estimate of drug-likeness (QED) is 0.552. The standard InChI is InChI=1S/C8H14O4.Cu.Zn/c9-7(10)5-3-1-2-4-6-8(11)12;;/h1-6H2,(H,9,10)(H,11,12);;/q;2*+2. The van der Waals surface area contributed by atoms with E-state index in [9.17, 15) is 9.59 Å². The Balaban J connectivity index is -0.000000605. The fourth-order valence-electron chi connectivity index (χ4n) is 0.906. The van der Waals surface area contributed by atoms with Crippen LogP contribution >= 0.6 is 0 Å². The molecule has 4 nitrogen and oxygen atoms in total. The van der Waals surface area contributed by atoms with Crippen LogP contribution in [-0.2, 0) is 46.1 Å². The first-order valence-electron chi connectivity index (χ1n) is 4.06. The third-order valence-electron chi connectivity index (χ3n) is 1.53. The summed E-state index contributed by atoms with van der Waals surface area (Å²) in [6.07, 6.45) is 3.28. The average molecular weight is 303 g/mol. The van der Waals surface area contributed by atoms with E-state index in [0.29, 0.717) is 12.8 Å². The van der Waals surface area contributed by atoms with E-state index in [2.05, 4.69) is 0 Å². The number of carboxylic acids is 2. The van der Waals surface area contributed by atoms with Gasteiger partial charge in [0, 0.05) is 12.8 Å². The van der Waals surface area contributed by atoms with Crippen LogP contribution in [0.2, 0.25) is 0 Å². The molecule has 0 fully saturated rings. The van der Waals surface area contributed by atoms with Gasteiger partial charge in [-0.3, -0.25) is 9.59 Å². The Labute approximate surface area is 107 Å². The Bertz CT molecular complexity index is 145. The van der Waals surface area contributed by atoms with Gasteiger partial charge >= 0.3 is 48.5 Å². The van der Waals surface area contributed by atoms with Crippen LogP contribution in [0.5, 0.6) is 0 Å². The molecule has 0 atom stereocenters. The number of rotatable bonds is 7. The summed E-state index contributed by atoms with van der Waals surface area (Å²) in [4.78, 5) is 20.1. The molecule has 0 aliphatic carbocycles. The van der Waals surface area contributed by atoms with Crippen LogP contribution in [-0.4, -0.2) is 22.2 Å². The van der Waals surface area contributed by atoms with Crippen molar-refractivity contribution >= 4 is 11.9 Å². The zero-order chi connectivity index (χ0) is 9.40. The molecule has 0 saturated heterocycles. The van der Waals surface area contributed by atoms with Crippen molar-refractivity contribution in [3.63, 3.8) is 0 Å². The first-order valence-corrected chi connectivity index (χ1v) is 4.06. The topological polar surface area (TPSA) is 74.6 Å². The molecule has 0 aromatic carbocycles. The van der Waals surface area contributed by atoms with Gasteiger partial charge < -0.3 is 10.2 Å². The molecule has 0 bridgehead atoms. The Hall–Kier alpha value is 0.0829. The van der Waals surface area contributed by atoms with Crippen LogP contribution in [0.4, 0.5) is 0 Å². The van der Waals surface area contributed by atoms with Gasteiger partial charge in [-0.1, -0.05) is 12.8 Å². The Morgan fingerprint density at radius 1 is 0.786 bits per heavy atom. The molecule has 0 aromatic rings. The van der Waals surface area contributed by atoms with Gasteiger partial charge in [-0.05, 0) is 12.8 Å². The minimum absolute atomic E-state index is 0. The van der Waals surface area contributed by atoms with E-state index in [4.69, 9.17) is 10.2 Å². The summed E-state index contributed by atoms with van der Waals surface area (Å²) in [5, 5.41) is 16.5. The summed E-state index contributed by atoms with van der Waals surface area (Å²) < 4.78 is 0. The van der Waals surface area contributed by atoms with Crippen molar-refractivity contribution in [2.75, 3.05) is 0 Å². The molecule has 0 aliphatic rings. The van der Waals surface area contributed by atoms with Crippen molar-refractivity contribution in [1.82, 2.24) is 0 Å². The molecular formula is C8H14CuO4Zn+4. The molecule has 0 heterocycles. The number of unbranched alkanes of at least 4 members (excludes halogenated alkanes) is 3. The summed E-state index contributed by atoms with van der Waals surface area (Å²) in [6.45, 7) is 0. The van der Waals surface area contributed by atoms with E-state index in [1.54, 1.807) is 0 Å². The molecule has 6 heteroatoms. The van der Waals surface area contributed by atoms with E-state index in [-0.39, 0.29) is 49.4 Å². The Morgan fingerprint density at radius 2 is 1.07 bits per heavy atom. The van der Waals surface area contributed by atoms with Crippen LogP contribution < -0.4 is 0 Å². The first kappa shape index (κ1) is 19.6. The predicted octanol–water partition coefficient (Wildman–Crippen LogP) is 1.49. The summed E-state index contributed by atoms with van der Waals surface area (Å²) in [5.74, 6) is -1.57. The molecule has 0 amide bonds. The zero-order valence-electron chi connectivity index (χ0n) is 7.96. The van der Waals surface area contributed by atoms with Gasteiger partial charge in [0.25, 0.3) is 0 Å². The summed E-state index contributed by atoms with van der Waals surface area (Å²) in [5.41, 5.74) is 0.